The number of aromatic nitrogens is 1. The minimum atomic E-state index is -0.563. The van der Waals surface area contributed by atoms with Crippen LogP contribution in [0.25, 0.3) is 15.7 Å². The molecule has 5 nitrogen and oxygen atoms in total. The van der Waals surface area contributed by atoms with E-state index in [9.17, 15) is 14.0 Å². The Labute approximate surface area is 174 Å². The number of halogens is 2. The number of carbonyl (C=O) groups excluding carboxylic acids is 2. The standard InChI is InChI=1S/C21H13ClFN3O2S/c22-15-4-2-1-3-13(15)18-8-16-19(29-18)20(27)26(21(28)25-16)17-10-24-9-11-5-6-12(23)7-14(11)17/h1-10,16,19H,(H,25,28). The van der Waals surface area contributed by atoms with Crippen molar-refractivity contribution >= 4 is 56.7 Å². The normalized spacial score (nSPS) is 21.2. The van der Waals surface area contributed by atoms with Crippen LogP contribution in [0.3, 0.4) is 0 Å². The molecule has 144 valence electrons. The highest BCUT2D eigenvalue weighted by Crippen LogP contribution is 2.44. The molecule has 1 N–H and O–H groups in total. The molecule has 0 bridgehead atoms. The number of hydrogen-bond acceptors (Lipinski definition) is 4. The van der Waals surface area contributed by atoms with Crippen molar-refractivity contribution in [3.05, 3.63) is 77.3 Å². The fourth-order valence-corrected chi connectivity index (χ4v) is 5.19. The molecule has 2 unspecified atom stereocenters. The van der Waals surface area contributed by atoms with Crippen LogP contribution in [0.2, 0.25) is 5.02 Å². The Balaban J connectivity index is 1.53. The Bertz CT molecular complexity index is 1220. The number of urea groups is 1. The van der Waals surface area contributed by atoms with E-state index < -0.39 is 23.1 Å². The number of fused-ring (bicyclic) bond motifs is 2. The lowest BCUT2D eigenvalue weighted by molar-refractivity contribution is -0.118. The Hall–Kier alpha value is -2.90. The zero-order valence-electron chi connectivity index (χ0n) is 14.8. The number of carbonyl (C=O) groups is 2. The van der Waals surface area contributed by atoms with Crippen LogP contribution in [0.1, 0.15) is 5.56 Å². The molecule has 1 aromatic heterocycles. The van der Waals surface area contributed by atoms with E-state index in [4.69, 9.17) is 11.6 Å². The van der Waals surface area contributed by atoms with Crippen LogP contribution >= 0.6 is 23.4 Å². The molecule has 1 saturated heterocycles. The molecular formula is C21H13ClFN3O2S. The van der Waals surface area contributed by atoms with Gasteiger partial charge in [0.05, 0.1) is 17.9 Å². The number of nitrogens with zero attached hydrogens (tertiary/aromatic N) is 2. The predicted molar refractivity (Wildman–Crippen MR) is 112 cm³/mol. The molecule has 2 atom stereocenters. The number of thioether (sulfide) groups is 1. The van der Waals surface area contributed by atoms with E-state index in [1.54, 1.807) is 18.3 Å². The van der Waals surface area contributed by atoms with E-state index >= 15 is 0 Å². The molecule has 0 spiro atoms. The summed E-state index contributed by atoms with van der Waals surface area (Å²) in [5.41, 5.74) is 1.07. The lowest BCUT2D eigenvalue weighted by Crippen LogP contribution is -2.60. The SMILES string of the molecule is O=C1NC2C=C(c3ccccc3Cl)SC2C(=O)N1c1cncc2ccc(F)cc12. The summed E-state index contributed by atoms with van der Waals surface area (Å²) in [5.74, 6) is -0.828. The van der Waals surface area contributed by atoms with E-state index in [-0.39, 0.29) is 11.6 Å². The van der Waals surface area contributed by atoms with Gasteiger partial charge in [-0.05, 0) is 30.3 Å². The number of nitrogens with one attached hydrogen (secondary N) is 1. The summed E-state index contributed by atoms with van der Waals surface area (Å²) in [4.78, 5) is 32.1. The third-order valence-corrected chi connectivity index (χ3v) is 6.64. The average Bonchev–Trinajstić information content (AvgIpc) is 3.12. The fourth-order valence-electron chi connectivity index (χ4n) is 3.60. The summed E-state index contributed by atoms with van der Waals surface area (Å²) in [6.45, 7) is 0. The van der Waals surface area contributed by atoms with Gasteiger partial charge in [0, 0.05) is 32.5 Å². The van der Waals surface area contributed by atoms with Crippen LogP contribution < -0.4 is 10.2 Å². The number of rotatable bonds is 2. The van der Waals surface area contributed by atoms with Crippen LogP contribution in [0.15, 0.2) is 60.9 Å². The zero-order chi connectivity index (χ0) is 20.1. The topological polar surface area (TPSA) is 62.3 Å². The summed E-state index contributed by atoms with van der Waals surface area (Å²) in [5, 5.41) is 3.99. The lowest BCUT2D eigenvalue weighted by Gasteiger charge is -2.33. The van der Waals surface area contributed by atoms with Crippen molar-refractivity contribution in [1.29, 1.82) is 0 Å². The summed E-state index contributed by atoms with van der Waals surface area (Å²) in [7, 11) is 0. The van der Waals surface area contributed by atoms with Gasteiger partial charge >= 0.3 is 6.03 Å². The largest absolute Gasteiger partial charge is 0.329 e. The first-order valence-corrected chi connectivity index (χ1v) is 10.1. The van der Waals surface area contributed by atoms with Gasteiger partial charge in [0.1, 0.15) is 11.1 Å². The Morgan fingerprint density at radius 2 is 1.97 bits per heavy atom. The van der Waals surface area contributed by atoms with Gasteiger partial charge in [-0.3, -0.25) is 9.78 Å². The van der Waals surface area contributed by atoms with E-state index in [1.807, 2.05) is 24.3 Å². The van der Waals surface area contributed by atoms with Crippen LogP contribution in [0.5, 0.6) is 0 Å². The van der Waals surface area contributed by atoms with E-state index in [0.717, 1.165) is 15.4 Å². The van der Waals surface area contributed by atoms with Crippen molar-refractivity contribution in [2.24, 2.45) is 0 Å². The van der Waals surface area contributed by atoms with Crippen molar-refractivity contribution in [3.63, 3.8) is 0 Å². The first kappa shape index (κ1) is 18.1. The van der Waals surface area contributed by atoms with Gasteiger partial charge in [-0.25, -0.2) is 14.1 Å². The van der Waals surface area contributed by atoms with Gasteiger partial charge in [0.2, 0.25) is 0 Å². The second-order valence-electron chi connectivity index (χ2n) is 6.72. The highest BCUT2D eigenvalue weighted by atomic mass is 35.5. The molecule has 5 rings (SSSR count). The molecular weight excluding hydrogens is 413 g/mol. The number of amides is 3. The van der Waals surface area contributed by atoms with Gasteiger partial charge < -0.3 is 5.32 Å². The molecule has 29 heavy (non-hydrogen) atoms. The van der Waals surface area contributed by atoms with Gasteiger partial charge in [0.15, 0.2) is 0 Å². The fraction of sp³-hybridized carbons (Fsp3) is 0.0952. The molecule has 0 radical (unpaired) electrons. The zero-order valence-corrected chi connectivity index (χ0v) is 16.4. The van der Waals surface area contributed by atoms with Gasteiger partial charge in [-0.2, -0.15) is 0 Å². The molecule has 0 saturated carbocycles. The molecule has 3 amide bonds. The maximum atomic E-state index is 13.8. The predicted octanol–water partition coefficient (Wildman–Crippen LogP) is 4.61. The van der Waals surface area contributed by atoms with Crippen LogP contribution in [-0.2, 0) is 4.79 Å². The number of imide groups is 1. The minimum Gasteiger partial charge on any atom is -0.329 e. The molecule has 3 heterocycles. The average molecular weight is 426 g/mol. The Morgan fingerprint density at radius 3 is 2.79 bits per heavy atom. The summed E-state index contributed by atoms with van der Waals surface area (Å²) in [6.07, 6.45) is 4.82. The third kappa shape index (κ3) is 2.97. The van der Waals surface area contributed by atoms with E-state index in [0.29, 0.717) is 15.8 Å². The smallest absolute Gasteiger partial charge is 0.329 e. The van der Waals surface area contributed by atoms with Crippen molar-refractivity contribution in [2.75, 3.05) is 4.90 Å². The molecule has 2 aliphatic rings. The maximum Gasteiger partial charge on any atom is 0.329 e. The Morgan fingerprint density at radius 1 is 1.14 bits per heavy atom. The van der Waals surface area contributed by atoms with Crippen LogP contribution in [0, 0.1) is 5.82 Å². The highest BCUT2D eigenvalue weighted by molar-refractivity contribution is 8.09. The van der Waals surface area contributed by atoms with Crippen molar-refractivity contribution in [2.45, 2.75) is 11.3 Å². The minimum absolute atomic E-state index is 0.259. The molecule has 2 aromatic carbocycles. The molecule has 2 aliphatic heterocycles. The monoisotopic (exact) mass is 425 g/mol. The molecule has 0 aliphatic carbocycles. The first-order valence-electron chi connectivity index (χ1n) is 8.84. The third-order valence-electron chi connectivity index (χ3n) is 4.95. The Kier molecular flexibility index (Phi) is 4.29. The maximum absolute atomic E-state index is 13.8. The van der Waals surface area contributed by atoms with Crippen molar-refractivity contribution < 1.29 is 14.0 Å². The second-order valence-corrected chi connectivity index (χ2v) is 8.31. The van der Waals surface area contributed by atoms with Crippen LogP contribution in [-0.4, -0.2) is 28.2 Å². The number of benzene rings is 2. The molecule has 8 heteroatoms. The van der Waals surface area contributed by atoms with Gasteiger partial charge in [-0.1, -0.05) is 29.8 Å². The van der Waals surface area contributed by atoms with Gasteiger partial charge in [-0.15, -0.1) is 11.8 Å². The van der Waals surface area contributed by atoms with Crippen molar-refractivity contribution in [3.8, 4) is 0 Å². The molecule has 1 fully saturated rings. The first-order chi connectivity index (χ1) is 14.0. The van der Waals surface area contributed by atoms with Crippen LogP contribution in [0.4, 0.5) is 14.9 Å². The summed E-state index contributed by atoms with van der Waals surface area (Å²) < 4.78 is 13.8. The molecule has 3 aromatic rings. The van der Waals surface area contributed by atoms with Gasteiger partial charge in [0.25, 0.3) is 5.91 Å². The van der Waals surface area contributed by atoms with E-state index in [2.05, 4.69) is 10.3 Å². The number of anilines is 1. The second kappa shape index (κ2) is 6.86. The lowest BCUT2D eigenvalue weighted by atomic mass is 10.1. The highest BCUT2D eigenvalue weighted by Gasteiger charge is 2.45. The summed E-state index contributed by atoms with van der Waals surface area (Å²) in [6, 6.07) is 10.5. The number of hydrogen-bond donors (Lipinski definition) is 1. The summed E-state index contributed by atoms with van der Waals surface area (Å²) >= 11 is 7.65. The van der Waals surface area contributed by atoms with E-state index in [1.165, 1.54) is 30.1 Å². The quantitative estimate of drug-likeness (QED) is 0.651. The van der Waals surface area contributed by atoms with Crippen molar-refractivity contribution in [1.82, 2.24) is 10.3 Å². The number of pyridine rings is 1.